The van der Waals surface area contributed by atoms with Crippen molar-refractivity contribution in [3.63, 3.8) is 0 Å². The van der Waals surface area contributed by atoms with Crippen LogP contribution < -0.4 is 0 Å². The lowest BCUT2D eigenvalue weighted by Crippen LogP contribution is -2.68. The lowest BCUT2D eigenvalue weighted by molar-refractivity contribution is -0.207. The minimum absolute atomic E-state index is 0.0496. The average molecular weight is 329 g/mol. The summed E-state index contributed by atoms with van der Waals surface area (Å²) < 4.78 is 6.37. The van der Waals surface area contributed by atoms with Crippen LogP contribution in [-0.2, 0) is 16.0 Å². The molecule has 0 saturated heterocycles. The highest BCUT2D eigenvalue weighted by Gasteiger charge is 2.59. The zero-order chi connectivity index (χ0) is 16.0. The fraction of sp³-hybridized carbons (Fsp3) is 0.733. The summed E-state index contributed by atoms with van der Waals surface area (Å²) in [6.07, 6.45) is 1.29. The van der Waals surface area contributed by atoms with Crippen LogP contribution in [0.4, 0.5) is 0 Å². The molecule has 21 heavy (non-hydrogen) atoms. The van der Waals surface area contributed by atoms with E-state index in [0.717, 1.165) is 20.9 Å². The zero-order valence-corrected chi connectivity index (χ0v) is 15.2. The number of likely N-dealkylation sites (N-methyl/N-ethyl adjacent to an activating group) is 1. The van der Waals surface area contributed by atoms with Crippen LogP contribution in [0.25, 0.3) is 0 Å². The first kappa shape index (κ1) is 16.6. The number of nitrogens with one attached hydrogen (secondary N) is 1. The summed E-state index contributed by atoms with van der Waals surface area (Å²) in [5.74, 6) is 0.138. The Morgan fingerprint density at radius 2 is 2.14 bits per heavy atom. The molecule has 2 rings (SSSR count). The second-order valence-corrected chi connectivity index (χ2v) is 8.39. The lowest BCUT2D eigenvalue weighted by Gasteiger charge is -2.61. The monoisotopic (exact) mass is 328 g/mol. The Morgan fingerprint density at radius 1 is 1.52 bits per heavy atom. The van der Waals surface area contributed by atoms with E-state index in [0.29, 0.717) is 6.42 Å². The third kappa shape index (κ3) is 2.69. The Hall–Kier alpha value is -0.720. The second kappa shape index (κ2) is 5.48. The van der Waals surface area contributed by atoms with Crippen LogP contribution in [0.15, 0.2) is 0 Å². The largest absolute Gasteiger partial charge is 0.378 e. The number of hydrogen-bond donors (Lipinski definition) is 1. The predicted molar refractivity (Wildman–Crippen MR) is 88.3 cm³/mol. The maximum Gasteiger partial charge on any atom is 0.227 e. The molecule has 1 aliphatic rings. The highest BCUT2D eigenvalue weighted by molar-refractivity contribution is 7.73. The Labute approximate surface area is 135 Å². The normalized spacial score (nSPS) is 27.2. The fourth-order valence-electron chi connectivity index (χ4n) is 3.12. The smallest absolute Gasteiger partial charge is 0.227 e. The van der Waals surface area contributed by atoms with Gasteiger partial charge in [0, 0.05) is 36.2 Å². The number of rotatable bonds is 4. The lowest BCUT2D eigenvalue weighted by atomic mass is 9.55. The summed E-state index contributed by atoms with van der Waals surface area (Å²) in [4.78, 5) is 18.5. The number of methoxy groups -OCH3 is 1. The van der Waals surface area contributed by atoms with Gasteiger partial charge in [-0.15, -0.1) is 11.3 Å². The third-order valence-electron chi connectivity index (χ3n) is 5.33. The molecular weight excluding hydrogens is 304 g/mol. The van der Waals surface area contributed by atoms with Crippen molar-refractivity contribution in [1.29, 1.82) is 0 Å². The molecule has 4 nitrogen and oxygen atoms in total. The minimum atomic E-state index is -0.160. The molecule has 0 aromatic carbocycles. The predicted octanol–water partition coefficient (Wildman–Crippen LogP) is 3.32. The number of ether oxygens (including phenoxy) is 1. The number of hydrogen-bond acceptors (Lipinski definition) is 4. The summed E-state index contributed by atoms with van der Waals surface area (Å²) in [7, 11) is 3.64. The Balaban J connectivity index is 2.08. The van der Waals surface area contributed by atoms with Crippen molar-refractivity contribution in [2.75, 3.05) is 14.2 Å². The second-order valence-electron chi connectivity index (χ2n) is 6.62. The molecule has 1 aromatic heterocycles. The maximum atomic E-state index is 12.5. The maximum absolute atomic E-state index is 12.5. The van der Waals surface area contributed by atoms with E-state index < -0.39 is 0 Å². The van der Waals surface area contributed by atoms with Gasteiger partial charge in [-0.1, -0.05) is 13.8 Å². The van der Waals surface area contributed by atoms with Crippen LogP contribution >= 0.6 is 23.6 Å². The highest BCUT2D eigenvalue weighted by Crippen LogP contribution is 2.53. The quantitative estimate of drug-likeness (QED) is 0.863. The first-order chi connectivity index (χ1) is 9.62. The average Bonchev–Trinajstić information content (AvgIpc) is 2.72. The third-order valence-corrected chi connectivity index (χ3v) is 6.66. The van der Waals surface area contributed by atoms with Crippen LogP contribution in [0.3, 0.4) is 0 Å². The first-order valence-corrected chi connectivity index (χ1v) is 8.34. The number of aromatic nitrogens is 1. The molecule has 0 bridgehead atoms. The summed E-state index contributed by atoms with van der Waals surface area (Å²) in [5, 5.41) is 0. The van der Waals surface area contributed by atoms with E-state index in [1.54, 1.807) is 7.11 Å². The number of aryl methyl sites for hydroxylation is 1. The van der Waals surface area contributed by atoms with Gasteiger partial charge in [0.25, 0.3) is 0 Å². The summed E-state index contributed by atoms with van der Waals surface area (Å²) in [5.41, 5.74) is 0.792. The molecule has 1 amide bonds. The van der Waals surface area contributed by atoms with Crippen LogP contribution in [0.2, 0.25) is 0 Å². The van der Waals surface area contributed by atoms with E-state index in [-0.39, 0.29) is 23.0 Å². The Morgan fingerprint density at radius 3 is 2.57 bits per heavy atom. The van der Waals surface area contributed by atoms with Crippen molar-refractivity contribution in [3.05, 3.63) is 14.5 Å². The van der Waals surface area contributed by atoms with E-state index in [4.69, 9.17) is 17.0 Å². The van der Waals surface area contributed by atoms with Crippen molar-refractivity contribution >= 4 is 29.5 Å². The van der Waals surface area contributed by atoms with E-state index >= 15 is 0 Å². The van der Waals surface area contributed by atoms with Crippen molar-refractivity contribution < 1.29 is 9.53 Å². The number of thiazole rings is 1. The van der Waals surface area contributed by atoms with Gasteiger partial charge in [0.15, 0.2) is 3.95 Å². The van der Waals surface area contributed by atoms with E-state index in [1.165, 1.54) is 11.3 Å². The van der Waals surface area contributed by atoms with E-state index in [2.05, 4.69) is 25.8 Å². The number of aromatic amines is 1. The van der Waals surface area contributed by atoms with Gasteiger partial charge in [-0.2, -0.15) is 0 Å². The molecule has 0 radical (unpaired) electrons. The van der Waals surface area contributed by atoms with Gasteiger partial charge in [0.1, 0.15) is 0 Å². The molecule has 0 unspecified atom stereocenters. The Kier molecular flexibility index (Phi) is 4.35. The van der Waals surface area contributed by atoms with Gasteiger partial charge < -0.3 is 14.6 Å². The van der Waals surface area contributed by atoms with Crippen molar-refractivity contribution in [2.45, 2.75) is 52.2 Å². The molecule has 118 valence electrons. The molecule has 2 atom stereocenters. The molecule has 1 aliphatic carbocycles. The van der Waals surface area contributed by atoms with E-state index in [1.807, 2.05) is 18.9 Å². The van der Waals surface area contributed by atoms with E-state index in [9.17, 15) is 4.79 Å². The van der Waals surface area contributed by atoms with Gasteiger partial charge in [-0.05, 0) is 32.5 Å². The van der Waals surface area contributed by atoms with Crippen molar-refractivity contribution in [2.24, 2.45) is 5.41 Å². The molecular formula is C15H24N2O2S2. The van der Waals surface area contributed by atoms with Crippen LogP contribution in [0, 0.1) is 16.3 Å². The van der Waals surface area contributed by atoms with Crippen LogP contribution in [0.1, 0.15) is 37.8 Å². The SMILES string of the molecule is CO[C@]1(C)C[C@H](N(C)C(=O)Cc2sc(=S)[nH]c2C)C1(C)C. The molecule has 1 fully saturated rings. The summed E-state index contributed by atoms with van der Waals surface area (Å²) in [6.45, 7) is 8.41. The molecule has 0 aliphatic heterocycles. The minimum Gasteiger partial charge on any atom is -0.378 e. The molecule has 1 saturated carbocycles. The zero-order valence-electron chi connectivity index (χ0n) is 13.6. The van der Waals surface area contributed by atoms with Crippen LogP contribution in [0.5, 0.6) is 0 Å². The topological polar surface area (TPSA) is 45.3 Å². The van der Waals surface area contributed by atoms with Gasteiger partial charge in [0.05, 0.1) is 12.0 Å². The number of carbonyl (C=O) groups excluding carboxylic acids is 1. The highest BCUT2D eigenvalue weighted by atomic mass is 32.1. The molecule has 1 heterocycles. The first-order valence-electron chi connectivity index (χ1n) is 7.12. The summed E-state index contributed by atoms with van der Waals surface area (Å²) >= 11 is 6.62. The molecule has 0 spiro atoms. The molecule has 6 heteroatoms. The number of nitrogens with zero attached hydrogens (tertiary/aromatic N) is 1. The molecule has 1 aromatic rings. The fourth-order valence-corrected chi connectivity index (χ4v) is 4.40. The standard InChI is InChI=1S/C15H24N2O2S2/c1-9-10(21-13(20)16-9)7-12(18)17(5)11-8-15(4,19-6)14(11,2)3/h11H,7-8H2,1-6H3,(H,16,20)/t11-,15+/m0/s1. The van der Waals surface area contributed by atoms with Gasteiger partial charge in [-0.25, -0.2) is 0 Å². The Bertz CT molecular complexity index is 605. The molecule has 1 N–H and O–H groups in total. The van der Waals surface area contributed by atoms with Crippen LogP contribution in [-0.4, -0.2) is 41.6 Å². The van der Waals surface area contributed by atoms with Gasteiger partial charge in [0.2, 0.25) is 5.91 Å². The van der Waals surface area contributed by atoms with Gasteiger partial charge in [-0.3, -0.25) is 4.79 Å². The number of carbonyl (C=O) groups is 1. The number of H-pyrrole nitrogens is 1. The van der Waals surface area contributed by atoms with Crippen molar-refractivity contribution in [1.82, 2.24) is 9.88 Å². The van der Waals surface area contributed by atoms with Crippen molar-refractivity contribution in [3.8, 4) is 0 Å². The number of amides is 1. The van der Waals surface area contributed by atoms with Gasteiger partial charge >= 0.3 is 0 Å². The summed E-state index contributed by atoms with van der Waals surface area (Å²) in [6, 6.07) is 0.210.